The van der Waals surface area contributed by atoms with E-state index in [0.29, 0.717) is 0 Å². The van der Waals surface area contributed by atoms with Crippen molar-refractivity contribution in [3.63, 3.8) is 0 Å². The van der Waals surface area contributed by atoms with Crippen molar-refractivity contribution in [3.8, 4) is 0 Å². The first kappa shape index (κ1) is 12.0. The molecule has 0 bridgehead atoms. The quantitative estimate of drug-likeness (QED) is 0.650. The molecule has 0 spiro atoms. The van der Waals surface area contributed by atoms with Crippen LogP contribution in [0.15, 0.2) is 30.3 Å². The molecule has 0 saturated heterocycles. The van der Waals surface area contributed by atoms with Gasteiger partial charge in [-0.05, 0) is 12.5 Å². The second-order valence-electron chi connectivity index (χ2n) is 2.74. The van der Waals surface area contributed by atoms with Crippen LogP contribution in [0.2, 0.25) is 0 Å². The Morgan fingerprint density at radius 2 is 2.07 bits per heavy atom. The summed E-state index contributed by atoms with van der Waals surface area (Å²) in [6.07, 6.45) is 0. The fraction of sp³-hybridized carbons (Fsp3) is 0.300. The predicted molar refractivity (Wildman–Crippen MR) is 69.6 cm³/mol. The third kappa shape index (κ3) is 5.00. The molecule has 0 aromatic heterocycles. The third-order valence-electron chi connectivity index (χ3n) is 1.47. The molecule has 0 aliphatic rings. The number of benzene rings is 1. The normalized spacial score (nSPS) is 12.4. The van der Waals surface area contributed by atoms with Crippen molar-refractivity contribution in [3.05, 3.63) is 35.9 Å². The minimum Gasteiger partial charge on any atom is -0.382 e. The average Bonchev–Trinajstić information content (AvgIpc) is 2.15. The summed E-state index contributed by atoms with van der Waals surface area (Å²) in [4.78, 5) is 0. The predicted octanol–water partition coefficient (Wildman–Crippen LogP) is 3.28. The average molecular weight is 244 g/mol. The van der Waals surface area contributed by atoms with Crippen LogP contribution in [0.1, 0.15) is 12.5 Å². The summed E-state index contributed by atoms with van der Waals surface area (Å²) in [7, 11) is 0. The lowest BCUT2D eigenvalue weighted by molar-refractivity contribution is 0.285. The summed E-state index contributed by atoms with van der Waals surface area (Å²) in [5, 5.41) is 9.08. The zero-order valence-corrected chi connectivity index (χ0v) is 10.3. The molecule has 4 heteroatoms. The van der Waals surface area contributed by atoms with Crippen molar-refractivity contribution in [1.82, 2.24) is 0 Å². The van der Waals surface area contributed by atoms with Gasteiger partial charge >= 0.3 is 0 Å². The summed E-state index contributed by atoms with van der Waals surface area (Å²) in [5.74, 6) is 0.874. The van der Waals surface area contributed by atoms with Crippen LogP contribution in [-0.4, -0.2) is 14.1 Å². The Hall–Kier alpha value is -0.0300. The number of hydrogen-bond acceptors (Lipinski definition) is 4. The molecule has 1 N–H and O–H groups in total. The van der Waals surface area contributed by atoms with Crippen LogP contribution in [0.25, 0.3) is 0 Å². The first-order valence-electron chi connectivity index (χ1n) is 4.24. The van der Waals surface area contributed by atoms with E-state index in [1.54, 1.807) is 18.7 Å². The molecule has 0 radical (unpaired) electrons. The maximum atomic E-state index is 9.08. The lowest BCUT2D eigenvalue weighted by Crippen LogP contribution is -1.95. The van der Waals surface area contributed by atoms with Gasteiger partial charge in [0.2, 0.25) is 0 Å². The Kier molecular flexibility index (Phi) is 5.55. The lowest BCUT2D eigenvalue weighted by atomic mass is 10.2. The molecule has 1 aromatic carbocycles. The highest BCUT2D eigenvalue weighted by molar-refractivity contribution is 8.47. The Balaban J connectivity index is 2.31. The third-order valence-corrected chi connectivity index (χ3v) is 4.00. The van der Waals surface area contributed by atoms with Crippen molar-refractivity contribution in [2.24, 2.45) is 0 Å². The highest BCUT2D eigenvalue weighted by Crippen LogP contribution is 2.23. The fourth-order valence-electron chi connectivity index (χ4n) is 0.890. The van der Waals surface area contributed by atoms with Crippen molar-refractivity contribution in [2.45, 2.75) is 18.1 Å². The largest absolute Gasteiger partial charge is 0.382 e. The van der Waals surface area contributed by atoms with E-state index in [2.05, 4.69) is 12.1 Å². The highest BCUT2D eigenvalue weighted by atomic mass is 32.2. The molecule has 0 saturated carbocycles. The van der Waals surface area contributed by atoms with Gasteiger partial charge in [0.05, 0.1) is 0 Å². The van der Waals surface area contributed by atoms with Gasteiger partial charge in [-0.15, -0.1) is 11.8 Å². The van der Waals surface area contributed by atoms with Gasteiger partial charge in [-0.25, -0.2) is 0 Å². The lowest BCUT2D eigenvalue weighted by Gasteiger charge is -2.05. The van der Waals surface area contributed by atoms with E-state index < -0.39 is 5.44 Å². The molecule has 1 aromatic rings. The molecule has 0 heterocycles. The molecule has 1 rings (SSSR count). The van der Waals surface area contributed by atoms with Crippen molar-refractivity contribution in [2.75, 3.05) is 0 Å². The van der Waals surface area contributed by atoms with Gasteiger partial charge in [0, 0.05) is 5.75 Å². The Bertz CT molecular complexity index is 285. The summed E-state index contributed by atoms with van der Waals surface area (Å²) in [6, 6.07) is 10.2. The van der Waals surface area contributed by atoms with E-state index in [1.165, 1.54) is 17.3 Å². The maximum Gasteiger partial charge on any atom is 0.107 e. The van der Waals surface area contributed by atoms with Crippen molar-refractivity contribution in [1.29, 1.82) is 0 Å². The van der Waals surface area contributed by atoms with Crippen LogP contribution in [-0.2, 0) is 5.75 Å². The minimum atomic E-state index is -0.411. The molecule has 0 amide bonds. The zero-order chi connectivity index (χ0) is 10.4. The molecular formula is C10H12OS3. The second-order valence-corrected chi connectivity index (χ2v) is 6.24. The van der Waals surface area contributed by atoms with Gasteiger partial charge in [0.25, 0.3) is 0 Å². The smallest absolute Gasteiger partial charge is 0.107 e. The topological polar surface area (TPSA) is 20.2 Å². The summed E-state index contributed by atoms with van der Waals surface area (Å²) >= 11 is 8.01. The van der Waals surface area contributed by atoms with E-state index in [4.69, 9.17) is 17.3 Å². The van der Waals surface area contributed by atoms with Gasteiger partial charge < -0.3 is 5.11 Å². The molecular weight excluding hydrogens is 232 g/mol. The maximum absolute atomic E-state index is 9.08. The van der Waals surface area contributed by atoms with E-state index in [0.717, 1.165) is 9.28 Å². The molecule has 1 atom stereocenters. The van der Waals surface area contributed by atoms with Crippen LogP contribution in [0.3, 0.4) is 0 Å². The number of thiocarbonyl (C=S) groups is 1. The van der Waals surface area contributed by atoms with Crippen LogP contribution >= 0.6 is 35.7 Å². The van der Waals surface area contributed by atoms with E-state index >= 15 is 0 Å². The molecule has 0 fully saturated rings. The second kappa shape index (κ2) is 6.45. The van der Waals surface area contributed by atoms with Gasteiger partial charge in [-0.3, -0.25) is 0 Å². The van der Waals surface area contributed by atoms with Gasteiger partial charge in [-0.1, -0.05) is 54.3 Å². The first-order valence-corrected chi connectivity index (χ1v) is 6.51. The molecule has 0 aliphatic heterocycles. The molecule has 76 valence electrons. The summed E-state index contributed by atoms with van der Waals surface area (Å²) in [6.45, 7) is 1.72. The van der Waals surface area contributed by atoms with Crippen molar-refractivity contribution < 1.29 is 5.11 Å². The van der Waals surface area contributed by atoms with Crippen LogP contribution < -0.4 is 0 Å². The van der Waals surface area contributed by atoms with E-state index in [-0.39, 0.29) is 0 Å². The van der Waals surface area contributed by atoms with Gasteiger partial charge in [-0.2, -0.15) is 0 Å². The number of thioether (sulfide) groups is 2. The zero-order valence-electron chi connectivity index (χ0n) is 7.84. The first-order chi connectivity index (χ1) is 6.68. The van der Waals surface area contributed by atoms with Crippen LogP contribution in [0.4, 0.5) is 0 Å². The summed E-state index contributed by atoms with van der Waals surface area (Å²) < 4.78 is 0.795. The molecule has 1 nitrogen and oxygen atoms in total. The summed E-state index contributed by atoms with van der Waals surface area (Å²) in [5.41, 5.74) is 0.844. The van der Waals surface area contributed by atoms with Gasteiger partial charge in [0.15, 0.2) is 0 Å². The van der Waals surface area contributed by atoms with Crippen LogP contribution in [0, 0.1) is 0 Å². The number of aliphatic hydroxyl groups excluding tert-OH is 1. The number of hydrogen-bond donors (Lipinski definition) is 1. The highest BCUT2D eigenvalue weighted by Gasteiger charge is 2.03. The van der Waals surface area contributed by atoms with Crippen LogP contribution in [0.5, 0.6) is 0 Å². The van der Waals surface area contributed by atoms with E-state index in [1.807, 2.05) is 18.2 Å². The Morgan fingerprint density at radius 1 is 1.43 bits per heavy atom. The monoisotopic (exact) mass is 244 g/mol. The molecule has 0 aliphatic carbocycles. The standard InChI is InChI=1S/C10H12OS3/c1-8(11)14-10(12)13-7-9-5-3-2-4-6-9/h2-6,8,11H,7H2,1H3. The number of rotatable bonds is 3. The van der Waals surface area contributed by atoms with Gasteiger partial charge in [0.1, 0.15) is 8.96 Å². The number of aliphatic hydroxyl groups is 1. The molecule has 1 unspecified atom stereocenters. The van der Waals surface area contributed by atoms with E-state index in [9.17, 15) is 0 Å². The van der Waals surface area contributed by atoms with Crippen molar-refractivity contribution >= 4 is 39.3 Å². The Morgan fingerprint density at radius 3 is 2.64 bits per heavy atom. The SMILES string of the molecule is CC(O)SC(=S)SCc1ccccc1. The molecule has 14 heavy (non-hydrogen) atoms. The fourth-order valence-corrected chi connectivity index (χ4v) is 3.11. The minimum absolute atomic E-state index is 0.411. The Labute approximate surface area is 98.3 Å².